The second-order valence-electron chi connectivity index (χ2n) is 6.55. The maximum Gasteiger partial charge on any atom is 0.119 e. The van der Waals surface area contributed by atoms with E-state index in [1.165, 1.54) is 43.2 Å². The van der Waals surface area contributed by atoms with Gasteiger partial charge >= 0.3 is 0 Å². The van der Waals surface area contributed by atoms with Crippen LogP contribution in [0.1, 0.15) is 69.1 Å². The molecule has 0 saturated heterocycles. The van der Waals surface area contributed by atoms with Crippen LogP contribution in [-0.4, -0.2) is 24.0 Å². The van der Waals surface area contributed by atoms with E-state index >= 15 is 0 Å². The van der Waals surface area contributed by atoms with Crippen molar-refractivity contribution in [1.82, 2.24) is 5.32 Å². The zero-order valence-corrected chi connectivity index (χ0v) is 14.8. The molecule has 3 heteroatoms. The van der Waals surface area contributed by atoms with Crippen molar-refractivity contribution in [3.8, 4) is 5.75 Å². The molecule has 0 fully saturated rings. The van der Waals surface area contributed by atoms with Crippen LogP contribution in [0.2, 0.25) is 0 Å². The molecule has 0 amide bonds. The summed E-state index contributed by atoms with van der Waals surface area (Å²) in [5.74, 6) is 1.55. The molecule has 0 unspecified atom stereocenters. The first kappa shape index (κ1) is 17.8. The highest BCUT2D eigenvalue weighted by molar-refractivity contribution is 5.86. The number of hydrogen-bond acceptors (Lipinski definition) is 3. The van der Waals surface area contributed by atoms with Crippen molar-refractivity contribution in [3.63, 3.8) is 0 Å². The number of amidine groups is 1. The van der Waals surface area contributed by atoms with Gasteiger partial charge in [-0.15, -0.1) is 0 Å². The lowest BCUT2D eigenvalue weighted by Gasteiger charge is -2.17. The van der Waals surface area contributed by atoms with E-state index in [4.69, 9.17) is 0 Å². The summed E-state index contributed by atoms with van der Waals surface area (Å²) in [5.41, 5.74) is 3.88. The van der Waals surface area contributed by atoms with Gasteiger partial charge in [-0.1, -0.05) is 45.6 Å². The van der Waals surface area contributed by atoms with Crippen LogP contribution >= 0.6 is 0 Å². The zero-order chi connectivity index (χ0) is 16.5. The summed E-state index contributed by atoms with van der Waals surface area (Å²) in [7, 11) is 0. The van der Waals surface area contributed by atoms with Gasteiger partial charge in [0.15, 0.2) is 0 Å². The van der Waals surface area contributed by atoms with Crippen molar-refractivity contribution >= 4 is 5.84 Å². The van der Waals surface area contributed by atoms with E-state index in [1.54, 1.807) is 0 Å². The highest BCUT2D eigenvalue weighted by atomic mass is 16.3. The second kappa shape index (κ2) is 9.59. The van der Waals surface area contributed by atoms with Gasteiger partial charge in [-0.3, -0.25) is 4.99 Å². The SMILES string of the molecule is CCCCCc1ccc(O)c(CCCCC)c1CC1=NCCN1. The molecule has 2 rings (SSSR count). The Labute approximate surface area is 141 Å². The Balaban J connectivity index is 2.22. The Kier molecular flexibility index (Phi) is 7.44. The number of phenols is 1. The van der Waals surface area contributed by atoms with Gasteiger partial charge in [0, 0.05) is 13.0 Å². The first-order chi connectivity index (χ1) is 11.3. The van der Waals surface area contributed by atoms with Crippen LogP contribution < -0.4 is 5.32 Å². The number of unbranched alkanes of at least 4 members (excludes halogenated alkanes) is 4. The summed E-state index contributed by atoms with van der Waals surface area (Å²) < 4.78 is 0. The van der Waals surface area contributed by atoms with Gasteiger partial charge in [0.1, 0.15) is 11.6 Å². The van der Waals surface area contributed by atoms with Gasteiger partial charge in [0.25, 0.3) is 0 Å². The topological polar surface area (TPSA) is 44.6 Å². The maximum absolute atomic E-state index is 10.4. The molecule has 0 spiro atoms. The Morgan fingerprint density at radius 3 is 2.39 bits per heavy atom. The number of nitrogens with one attached hydrogen (secondary N) is 1. The minimum atomic E-state index is 0.467. The lowest BCUT2D eigenvalue weighted by Crippen LogP contribution is -2.22. The van der Waals surface area contributed by atoms with Crippen LogP contribution in [0.25, 0.3) is 0 Å². The number of aliphatic imine (C=N–C) groups is 1. The Bertz CT molecular complexity index is 523. The zero-order valence-electron chi connectivity index (χ0n) is 14.8. The van der Waals surface area contributed by atoms with E-state index in [-0.39, 0.29) is 0 Å². The molecule has 2 N–H and O–H groups in total. The summed E-state index contributed by atoms with van der Waals surface area (Å²) in [5, 5.41) is 13.8. The molecule has 23 heavy (non-hydrogen) atoms. The van der Waals surface area contributed by atoms with E-state index in [1.807, 2.05) is 6.07 Å². The van der Waals surface area contributed by atoms with E-state index in [9.17, 15) is 5.11 Å². The number of rotatable bonds is 10. The van der Waals surface area contributed by atoms with Crippen LogP contribution in [0, 0.1) is 0 Å². The molecule has 0 atom stereocenters. The maximum atomic E-state index is 10.4. The predicted octanol–water partition coefficient (Wildman–Crippen LogP) is 4.40. The van der Waals surface area contributed by atoms with E-state index in [0.29, 0.717) is 5.75 Å². The molecule has 0 aliphatic carbocycles. The number of aromatic hydroxyl groups is 1. The number of benzene rings is 1. The van der Waals surface area contributed by atoms with Gasteiger partial charge in [0.2, 0.25) is 0 Å². The quantitative estimate of drug-likeness (QED) is 0.628. The minimum Gasteiger partial charge on any atom is -0.508 e. The fraction of sp³-hybridized carbons (Fsp3) is 0.650. The summed E-state index contributed by atoms with van der Waals surface area (Å²) >= 11 is 0. The molecule has 0 saturated carbocycles. The number of nitrogens with zero attached hydrogens (tertiary/aromatic N) is 1. The minimum absolute atomic E-state index is 0.467. The molecular formula is C20H32N2O. The van der Waals surface area contributed by atoms with Crippen molar-refractivity contribution in [3.05, 3.63) is 28.8 Å². The summed E-state index contributed by atoms with van der Waals surface area (Å²) in [6.45, 7) is 6.29. The molecular weight excluding hydrogens is 284 g/mol. The van der Waals surface area contributed by atoms with E-state index < -0.39 is 0 Å². The van der Waals surface area contributed by atoms with Crippen LogP contribution in [0.5, 0.6) is 5.75 Å². The van der Waals surface area contributed by atoms with Gasteiger partial charge in [-0.05, 0) is 48.4 Å². The van der Waals surface area contributed by atoms with E-state index in [0.717, 1.165) is 50.2 Å². The van der Waals surface area contributed by atoms with Gasteiger partial charge in [-0.25, -0.2) is 0 Å². The summed E-state index contributed by atoms with van der Waals surface area (Å²) in [6, 6.07) is 4.02. The summed E-state index contributed by atoms with van der Waals surface area (Å²) in [4.78, 5) is 4.56. The fourth-order valence-electron chi connectivity index (χ4n) is 3.31. The molecule has 128 valence electrons. The molecule has 0 radical (unpaired) electrons. The van der Waals surface area contributed by atoms with Gasteiger partial charge < -0.3 is 10.4 Å². The molecule has 3 nitrogen and oxygen atoms in total. The highest BCUT2D eigenvalue weighted by Gasteiger charge is 2.16. The molecule has 0 bridgehead atoms. The molecule has 1 heterocycles. The largest absolute Gasteiger partial charge is 0.508 e. The van der Waals surface area contributed by atoms with Gasteiger partial charge in [0.05, 0.1) is 6.54 Å². The van der Waals surface area contributed by atoms with Crippen molar-refractivity contribution in [1.29, 1.82) is 0 Å². The van der Waals surface area contributed by atoms with Crippen LogP contribution in [0.4, 0.5) is 0 Å². The molecule has 0 aromatic heterocycles. The normalized spacial score (nSPS) is 13.9. The third-order valence-corrected chi connectivity index (χ3v) is 4.67. The Hall–Kier alpha value is -1.51. The van der Waals surface area contributed by atoms with Crippen molar-refractivity contribution in [2.24, 2.45) is 4.99 Å². The smallest absolute Gasteiger partial charge is 0.119 e. The van der Waals surface area contributed by atoms with Gasteiger partial charge in [-0.2, -0.15) is 0 Å². The molecule has 1 aliphatic heterocycles. The molecule has 1 aliphatic rings. The number of phenolic OH excluding ortho intramolecular Hbond substituents is 1. The standard InChI is InChI=1S/C20H32N2O/c1-3-5-7-9-16-11-12-19(23)17(10-8-6-4-2)18(16)15-20-21-13-14-22-20/h11-12,23H,3-10,13-15H2,1-2H3,(H,21,22). The fourth-order valence-corrected chi connectivity index (χ4v) is 3.31. The number of hydrogen-bond donors (Lipinski definition) is 2. The Morgan fingerprint density at radius 2 is 1.74 bits per heavy atom. The first-order valence-corrected chi connectivity index (χ1v) is 9.36. The predicted molar refractivity (Wildman–Crippen MR) is 98.6 cm³/mol. The third kappa shape index (κ3) is 5.26. The van der Waals surface area contributed by atoms with E-state index in [2.05, 4.69) is 30.2 Å². The van der Waals surface area contributed by atoms with Crippen molar-refractivity contribution in [2.45, 2.75) is 71.6 Å². The monoisotopic (exact) mass is 316 g/mol. The highest BCUT2D eigenvalue weighted by Crippen LogP contribution is 2.29. The molecule has 1 aromatic rings. The van der Waals surface area contributed by atoms with Crippen LogP contribution in [0.15, 0.2) is 17.1 Å². The lowest BCUT2D eigenvalue weighted by atomic mass is 9.90. The average Bonchev–Trinajstić information content (AvgIpc) is 3.05. The van der Waals surface area contributed by atoms with Crippen molar-refractivity contribution < 1.29 is 5.11 Å². The summed E-state index contributed by atoms with van der Waals surface area (Å²) in [6.07, 6.45) is 10.2. The van der Waals surface area contributed by atoms with Crippen LogP contribution in [-0.2, 0) is 19.3 Å². The third-order valence-electron chi connectivity index (χ3n) is 4.67. The van der Waals surface area contributed by atoms with Crippen LogP contribution in [0.3, 0.4) is 0 Å². The first-order valence-electron chi connectivity index (χ1n) is 9.36. The molecule has 1 aromatic carbocycles. The lowest BCUT2D eigenvalue weighted by molar-refractivity contribution is 0.465. The van der Waals surface area contributed by atoms with Crippen molar-refractivity contribution in [2.75, 3.05) is 13.1 Å². The Morgan fingerprint density at radius 1 is 1.00 bits per heavy atom. The number of aryl methyl sites for hydroxylation is 1. The second-order valence-corrected chi connectivity index (χ2v) is 6.55. The average molecular weight is 316 g/mol.